The first kappa shape index (κ1) is 24.3. The summed E-state index contributed by atoms with van der Waals surface area (Å²) >= 11 is 0. The van der Waals surface area contributed by atoms with Gasteiger partial charge in [-0.25, -0.2) is 22.8 Å². The Balaban J connectivity index is 1.53. The fourth-order valence-electron chi connectivity index (χ4n) is 3.48. The number of hydrogen-bond donors (Lipinski definition) is 1. The molecule has 0 bridgehead atoms. The highest BCUT2D eigenvalue weighted by Gasteiger charge is 2.19. The Morgan fingerprint density at radius 3 is 2.17 bits per heavy atom. The van der Waals surface area contributed by atoms with E-state index in [1.54, 1.807) is 24.3 Å². The lowest BCUT2D eigenvalue weighted by Crippen LogP contribution is -2.11. The quantitative estimate of drug-likeness (QED) is 0.357. The molecular weight excluding hydrogens is 483 g/mol. The number of nitrogens with zero attached hydrogens (tertiary/aromatic N) is 4. The number of halogens is 3. The van der Waals surface area contributed by atoms with Crippen molar-refractivity contribution in [1.29, 1.82) is 0 Å². The summed E-state index contributed by atoms with van der Waals surface area (Å²) in [5.74, 6) is -0.883. The highest BCUT2D eigenvalue weighted by atomic mass is 32.2. The molecule has 0 saturated carbocycles. The summed E-state index contributed by atoms with van der Waals surface area (Å²) in [5.41, 5.74) is 2.56. The average molecular weight is 504 g/mol. The first-order chi connectivity index (χ1) is 16.7. The molecule has 1 unspecified atom stereocenters. The second-order valence-electron chi connectivity index (χ2n) is 7.86. The molecule has 0 aliphatic rings. The van der Waals surface area contributed by atoms with Crippen molar-refractivity contribution in [1.82, 2.24) is 20.2 Å². The monoisotopic (exact) mass is 503 g/mol. The zero-order chi connectivity index (χ0) is 25.0. The average Bonchev–Trinajstić information content (AvgIpc) is 3.31. The van der Waals surface area contributed by atoms with Gasteiger partial charge in [-0.15, -0.1) is 10.2 Å². The van der Waals surface area contributed by atoms with E-state index >= 15 is 0 Å². The van der Waals surface area contributed by atoms with Crippen molar-refractivity contribution in [3.63, 3.8) is 0 Å². The van der Waals surface area contributed by atoms with Crippen LogP contribution in [0.2, 0.25) is 0 Å². The van der Waals surface area contributed by atoms with Crippen LogP contribution in [0.5, 0.6) is 0 Å². The third kappa shape index (κ3) is 6.63. The van der Waals surface area contributed by atoms with Crippen LogP contribution in [0.4, 0.5) is 18.9 Å². The molecule has 0 saturated heterocycles. The number of anilines is 1. The number of benzene rings is 2. The van der Waals surface area contributed by atoms with E-state index in [2.05, 4.69) is 24.9 Å². The molecule has 1 atom stereocenters. The van der Waals surface area contributed by atoms with E-state index in [9.17, 15) is 21.6 Å². The summed E-state index contributed by atoms with van der Waals surface area (Å²) in [6.07, 6.45) is 1.99. The number of hydrogen-bond acceptors (Lipinski definition) is 7. The van der Waals surface area contributed by atoms with E-state index in [0.717, 1.165) is 17.4 Å². The maximum atomic E-state index is 13.5. The van der Waals surface area contributed by atoms with E-state index in [1.807, 2.05) is 12.1 Å². The van der Waals surface area contributed by atoms with Gasteiger partial charge in [0.1, 0.15) is 11.6 Å². The number of nitrogens with one attached hydrogen (secondary N) is 1. The Morgan fingerprint density at radius 1 is 0.943 bits per heavy atom. The standard InChI is InChI=1S/C23H20F3N5O3S/c1-35(32,33)31-19-8-2-14(3-9-19)10-16(15-4-6-18(24)7-5-15)11-20-27-12-17(13-28-20)22-29-30-23(34-22)21(25)26/h2-9,12-13,16,21,31H,10-11H2,1H3. The highest BCUT2D eigenvalue weighted by Crippen LogP contribution is 2.27. The maximum Gasteiger partial charge on any atom is 0.314 e. The van der Waals surface area contributed by atoms with Crippen LogP contribution >= 0.6 is 0 Å². The molecule has 1 N–H and O–H groups in total. The molecule has 2 aromatic heterocycles. The minimum Gasteiger partial charge on any atom is -0.415 e. The van der Waals surface area contributed by atoms with Gasteiger partial charge in [-0.05, 0) is 47.7 Å². The lowest BCUT2D eigenvalue weighted by Gasteiger charge is -2.17. The number of rotatable bonds is 9. The van der Waals surface area contributed by atoms with Crippen molar-refractivity contribution < 1.29 is 26.0 Å². The first-order valence-corrected chi connectivity index (χ1v) is 12.3. The van der Waals surface area contributed by atoms with Crippen LogP contribution in [-0.2, 0) is 22.9 Å². The largest absolute Gasteiger partial charge is 0.415 e. The summed E-state index contributed by atoms with van der Waals surface area (Å²) in [4.78, 5) is 8.62. The van der Waals surface area contributed by atoms with Gasteiger partial charge in [0.15, 0.2) is 0 Å². The third-order valence-corrected chi connectivity index (χ3v) is 5.70. The first-order valence-electron chi connectivity index (χ1n) is 10.4. The number of alkyl halides is 2. The molecule has 4 rings (SSSR count). The van der Waals surface area contributed by atoms with Crippen LogP contribution in [0, 0.1) is 5.82 Å². The number of aromatic nitrogens is 4. The lowest BCUT2D eigenvalue weighted by molar-refractivity contribution is 0.116. The highest BCUT2D eigenvalue weighted by molar-refractivity contribution is 7.92. The van der Waals surface area contributed by atoms with Crippen LogP contribution in [-0.4, -0.2) is 34.8 Å². The van der Waals surface area contributed by atoms with Gasteiger partial charge >= 0.3 is 6.43 Å². The Hall–Kier alpha value is -3.80. The summed E-state index contributed by atoms with van der Waals surface area (Å²) in [5, 5.41) is 6.88. The molecule has 35 heavy (non-hydrogen) atoms. The van der Waals surface area contributed by atoms with Crippen molar-refractivity contribution in [2.24, 2.45) is 0 Å². The normalized spacial score (nSPS) is 12.6. The van der Waals surface area contributed by atoms with Crippen LogP contribution in [0.25, 0.3) is 11.5 Å². The maximum absolute atomic E-state index is 13.5. The smallest absolute Gasteiger partial charge is 0.314 e. The zero-order valence-corrected chi connectivity index (χ0v) is 19.2. The van der Waals surface area contributed by atoms with Crippen LogP contribution in [0.3, 0.4) is 0 Å². The molecule has 4 aromatic rings. The van der Waals surface area contributed by atoms with Gasteiger partial charge < -0.3 is 4.42 Å². The summed E-state index contributed by atoms with van der Waals surface area (Å²) in [6, 6.07) is 13.1. The van der Waals surface area contributed by atoms with E-state index in [-0.39, 0.29) is 17.6 Å². The molecule has 0 spiro atoms. The van der Waals surface area contributed by atoms with Gasteiger partial charge in [0.25, 0.3) is 11.8 Å². The molecule has 182 valence electrons. The van der Waals surface area contributed by atoms with Gasteiger partial charge in [-0.3, -0.25) is 4.72 Å². The predicted molar refractivity (Wildman–Crippen MR) is 122 cm³/mol. The van der Waals surface area contributed by atoms with Gasteiger partial charge in [0, 0.05) is 24.5 Å². The summed E-state index contributed by atoms with van der Waals surface area (Å²) in [7, 11) is -3.38. The molecule has 0 fully saturated rings. The van der Waals surface area contributed by atoms with Crippen molar-refractivity contribution in [3.8, 4) is 11.5 Å². The molecule has 0 aliphatic heterocycles. The lowest BCUT2D eigenvalue weighted by atomic mass is 9.89. The second kappa shape index (κ2) is 10.2. The molecule has 2 aromatic carbocycles. The minimum atomic E-state index is -3.38. The van der Waals surface area contributed by atoms with Crippen molar-refractivity contribution in [3.05, 3.63) is 89.6 Å². The van der Waals surface area contributed by atoms with E-state index in [1.165, 1.54) is 24.5 Å². The van der Waals surface area contributed by atoms with Gasteiger partial charge in [-0.2, -0.15) is 8.78 Å². The Kier molecular flexibility index (Phi) is 7.10. The Bertz CT molecular complexity index is 1380. The fourth-order valence-corrected chi connectivity index (χ4v) is 4.04. The second-order valence-corrected chi connectivity index (χ2v) is 9.61. The van der Waals surface area contributed by atoms with Crippen molar-refractivity contribution >= 4 is 15.7 Å². The van der Waals surface area contributed by atoms with Crippen molar-refractivity contribution in [2.45, 2.75) is 25.2 Å². The summed E-state index contributed by atoms with van der Waals surface area (Å²) < 4.78 is 69.0. The van der Waals surface area contributed by atoms with E-state index in [0.29, 0.717) is 29.9 Å². The molecule has 2 heterocycles. The predicted octanol–water partition coefficient (Wildman–Crippen LogP) is 4.54. The summed E-state index contributed by atoms with van der Waals surface area (Å²) in [6.45, 7) is 0. The molecule has 8 nitrogen and oxygen atoms in total. The van der Waals surface area contributed by atoms with Gasteiger partial charge in [0.2, 0.25) is 10.0 Å². The van der Waals surface area contributed by atoms with Crippen molar-refractivity contribution in [2.75, 3.05) is 11.0 Å². The van der Waals surface area contributed by atoms with Gasteiger partial charge in [-0.1, -0.05) is 24.3 Å². The minimum absolute atomic E-state index is 0.107. The fraction of sp³-hybridized carbons (Fsp3) is 0.217. The Morgan fingerprint density at radius 2 is 1.60 bits per heavy atom. The number of sulfonamides is 1. The third-order valence-electron chi connectivity index (χ3n) is 5.09. The molecular formula is C23H20F3N5O3S. The van der Waals surface area contributed by atoms with Gasteiger partial charge in [0.05, 0.1) is 11.8 Å². The van der Waals surface area contributed by atoms with E-state index in [4.69, 9.17) is 4.42 Å². The Labute approximate surface area is 199 Å². The molecule has 12 heteroatoms. The zero-order valence-electron chi connectivity index (χ0n) is 18.4. The molecule has 0 aliphatic carbocycles. The van der Waals surface area contributed by atoms with Crippen LogP contribution < -0.4 is 4.72 Å². The SMILES string of the molecule is CS(=O)(=O)Nc1ccc(CC(Cc2ncc(-c3nnc(C(F)F)o3)cn2)c2ccc(F)cc2)cc1. The van der Waals surface area contributed by atoms with Crippen LogP contribution in [0.1, 0.15) is 35.2 Å². The topological polar surface area (TPSA) is 111 Å². The molecule has 0 amide bonds. The van der Waals surface area contributed by atoms with E-state index < -0.39 is 22.3 Å². The van der Waals surface area contributed by atoms with Crippen LogP contribution in [0.15, 0.2) is 65.3 Å². The molecule has 0 radical (unpaired) electrons.